The Hall–Kier alpha value is -3.11. The van der Waals surface area contributed by atoms with Crippen molar-refractivity contribution in [3.8, 4) is 5.75 Å². The topological polar surface area (TPSA) is 92.8 Å². The maximum Gasteiger partial charge on any atom is 0.253 e. The molecule has 0 spiro atoms. The first-order valence-corrected chi connectivity index (χ1v) is 12.1. The van der Waals surface area contributed by atoms with E-state index in [9.17, 15) is 18.4 Å². The fourth-order valence-corrected chi connectivity index (χ4v) is 3.78. The fraction of sp³-hybridized carbons (Fsp3) is 0.500. The molecule has 2 amide bonds. The summed E-state index contributed by atoms with van der Waals surface area (Å²) < 4.78 is 35.0. The Morgan fingerprint density at radius 3 is 2.50 bits per heavy atom. The molecule has 4 rings (SSSR count). The third-order valence-electron chi connectivity index (χ3n) is 6.02. The summed E-state index contributed by atoms with van der Waals surface area (Å²) in [5.41, 5.74) is 0.626. The number of nitrogens with one attached hydrogen (secondary N) is 2. The molecular formula is C26H36F2N4O4. The number of benzene rings is 1. The molecule has 10 heteroatoms. The van der Waals surface area contributed by atoms with Gasteiger partial charge in [0, 0.05) is 37.0 Å². The average molecular weight is 507 g/mol. The van der Waals surface area contributed by atoms with Crippen LogP contribution in [0.1, 0.15) is 40.5 Å². The lowest BCUT2D eigenvalue weighted by molar-refractivity contribution is -0.126. The first-order chi connectivity index (χ1) is 17.2. The largest absolute Gasteiger partial charge is 0.494 e. The van der Waals surface area contributed by atoms with Crippen molar-refractivity contribution in [2.45, 2.75) is 58.8 Å². The van der Waals surface area contributed by atoms with E-state index in [4.69, 9.17) is 4.74 Å². The molecule has 4 atom stereocenters. The predicted molar refractivity (Wildman–Crippen MR) is 135 cm³/mol. The van der Waals surface area contributed by atoms with Crippen molar-refractivity contribution in [3.05, 3.63) is 48.2 Å². The Balaban J connectivity index is 0.000000318. The highest BCUT2D eigenvalue weighted by molar-refractivity contribution is 5.97. The molecule has 2 fully saturated rings. The second-order valence-corrected chi connectivity index (χ2v) is 8.38. The summed E-state index contributed by atoms with van der Waals surface area (Å²) in [5, 5.41) is 5.98. The lowest BCUT2D eigenvalue weighted by atomic mass is 10.0. The standard InChI is InChI=1S/C17H24N4O3.C7H6F2O.C2H6/c1-10-6-14(24-11(10)2)17(23)20-12-4-5-19-15(7-12)21-9-13(18-3)8-16(21)22;1-10-6-4-2-3-5(8)7(6)9;1-2/h4-5,7,10-11,13-14,18H,6,8-9H2,1-3H3,(H,19,20,23);2-4H,1H3;1-2H3. The molecule has 0 saturated carbocycles. The molecule has 36 heavy (non-hydrogen) atoms. The van der Waals surface area contributed by atoms with Gasteiger partial charge in [0.15, 0.2) is 11.6 Å². The monoisotopic (exact) mass is 506 g/mol. The van der Waals surface area contributed by atoms with E-state index in [1.165, 1.54) is 19.2 Å². The number of nitrogens with zero attached hydrogens (tertiary/aromatic N) is 2. The van der Waals surface area contributed by atoms with E-state index in [2.05, 4.69) is 27.3 Å². The van der Waals surface area contributed by atoms with Gasteiger partial charge in [-0.1, -0.05) is 26.8 Å². The number of ether oxygens (including phenoxy) is 2. The van der Waals surface area contributed by atoms with E-state index in [1.807, 2.05) is 27.8 Å². The molecule has 2 N–H and O–H groups in total. The molecule has 2 saturated heterocycles. The molecule has 2 aliphatic heterocycles. The maximum atomic E-state index is 12.5. The first kappa shape index (κ1) is 29.1. The smallest absolute Gasteiger partial charge is 0.253 e. The molecule has 0 radical (unpaired) electrons. The van der Waals surface area contributed by atoms with Crippen molar-refractivity contribution in [2.75, 3.05) is 30.9 Å². The molecule has 0 aliphatic carbocycles. The second kappa shape index (κ2) is 13.8. The third kappa shape index (κ3) is 7.44. The predicted octanol–water partition coefficient (Wildman–Crippen LogP) is 4.16. The number of carbonyl (C=O) groups excluding carboxylic acids is 2. The number of amides is 2. The van der Waals surface area contributed by atoms with Crippen molar-refractivity contribution in [3.63, 3.8) is 0 Å². The molecule has 4 unspecified atom stereocenters. The van der Waals surface area contributed by atoms with E-state index < -0.39 is 17.7 Å². The van der Waals surface area contributed by atoms with Crippen molar-refractivity contribution in [1.82, 2.24) is 10.3 Å². The summed E-state index contributed by atoms with van der Waals surface area (Å²) >= 11 is 0. The van der Waals surface area contributed by atoms with Gasteiger partial charge < -0.3 is 20.1 Å². The van der Waals surface area contributed by atoms with Gasteiger partial charge in [-0.05, 0) is 44.5 Å². The van der Waals surface area contributed by atoms with Crippen LogP contribution in [0.15, 0.2) is 36.5 Å². The van der Waals surface area contributed by atoms with Crippen LogP contribution in [0.4, 0.5) is 20.3 Å². The minimum Gasteiger partial charge on any atom is -0.494 e. The van der Waals surface area contributed by atoms with Crippen LogP contribution in [0.5, 0.6) is 5.75 Å². The Morgan fingerprint density at radius 2 is 1.94 bits per heavy atom. The minimum absolute atomic E-state index is 0.0344. The van der Waals surface area contributed by atoms with Gasteiger partial charge in [-0.25, -0.2) is 9.37 Å². The first-order valence-electron chi connectivity index (χ1n) is 12.1. The quantitative estimate of drug-likeness (QED) is 0.633. The zero-order chi connectivity index (χ0) is 26.8. The van der Waals surface area contributed by atoms with Crippen LogP contribution in [0.3, 0.4) is 0 Å². The molecule has 2 aliphatic rings. The number of likely N-dealkylation sites (N-methyl/N-ethyl adjacent to an activating group) is 1. The zero-order valence-electron chi connectivity index (χ0n) is 21.7. The normalized spacial score (nSPS) is 22.8. The lowest BCUT2D eigenvalue weighted by Crippen LogP contribution is -2.31. The maximum absolute atomic E-state index is 12.5. The molecule has 198 valence electrons. The number of halogens is 2. The number of hydrogen-bond donors (Lipinski definition) is 2. The molecule has 3 heterocycles. The van der Waals surface area contributed by atoms with Gasteiger partial charge in [0.1, 0.15) is 11.9 Å². The van der Waals surface area contributed by atoms with Crippen LogP contribution in [0.2, 0.25) is 0 Å². The summed E-state index contributed by atoms with van der Waals surface area (Å²) in [4.78, 5) is 30.4. The van der Waals surface area contributed by atoms with Crippen LogP contribution >= 0.6 is 0 Å². The minimum atomic E-state index is -0.940. The van der Waals surface area contributed by atoms with E-state index in [-0.39, 0.29) is 29.7 Å². The van der Waals surface area contributed by atoms with Gasteiger partial charge in [0.2, 0.25) is 11.7 Å². The van der Waals surface area contributed by atoms with Gasteiger partial charge in [0.05, 0.1) is 13.2 Å². The average Bonchev–Trinajstić information content (AvgIpc) is 3.44. The highest BCUT2D eigenvalue weighted by Gasteiger charge is 2.34. The number of carbonyl (C=O) groups is 2. The fourth-order valence-electron chi connectivity index (χ4n) is 3.78. The van der Waals surface area contributed by atoms with Gasteiger partial charge in [-0.2, -0.15) is 4.39 Å². The van der Waals surface area contributed by atoms with E-state index in [0.29, 0.717) is 30.4 Å². The molecule has 0 bridgehead atoms. The van der Waals surface area contributed by atoms with Crippen LogP contribution in [-0.2, 0) is 14.3 Å². The summed E-state index contributed by atoms with van der Waals surface area (Å²) in [7, 11) is 3.13. The van der Waals surface area contributed by atoms with Crippen LogP contribution in [-0.4, -0.2) is 55.8 Å². The number of pyridine rings is 1. The SMILES string of the molecule is CC.CNC1CC(=O)N(c2cc(NC(=O)C3CC(C)C(C)O3)ccn2)C1.COc1cccc(F)c1F. The Bertz CT molecular complexity index is 1010. The third-order valence-corrected chi connectivity index (χ3v) is 6.02. The highest BCUT2D eigenvalue weighted by Crippen LogP contribution is 2.27. The number of aromatic nitrogens is 1. The van der Waals surface area contributed by atoms with Gasteiger partial charge in [0.25, 0.3) is 5.91 Å². The summed E-state index contributed by atoms with van der Waals surface area (Å²) in [6, 6.07) is 7.37. The Labute approximate surface area is 211 Å². The van der Waals surface area contributed by atoms with Crippen LogP contribution in [0.25, 0.3) is 0 Å². The summed E-state index contributed by atoms with van der Waals surface area (Å²) in [6.07, 6.45) is 2.45. The molecule has 1 aromatic heterocycles. The van der Waals surface area contributed by atoms with Gasteiger partial charge in [-0.15, -0.1) is 0 Å². The van der Waals surface area contributed by atoms with E-state index in [0.717, 1.165) is 12.5 Å². The molecule has 2 aromatic rings. The second-order valence-electron chi connectivity index (χ2n) is 8.38. The summed E-state index contributed by atoms with van der Waals surface area (Å²) in [5.74, 6) is -1.08. The summed E-state index contributed by atoms with van der Waals surface area (Å²) in [6.45, 7) is 8.65. The van der Waals surface area contributed by atoms with Crippen molar-refractivity contribution < 1.29 is 27.8 Å². The van der Waals surface area contributed by atoms with Crippen molar-refractivity contribution in [1.29, 1.82) is 0 Å². The zero-order valence-corrected chi connectivity index (χ0v) is 21.7. The van der Waals surface area contributed by atoms with Gasteiger partial charge >= 0.3 is 0 Å². The van der Waals surface area contributed by atoms with E-state index in [1.54, 1.807) is 23.2 Å². The molecular weight excluding hydrogens is 470 g/mol. The Morgan fingerprint density at radius 1 is 1.22 bits per heavy atom. The molecule has 1 aromatic carbocycles. The number of rotatable bonds is 5. The molecule has 8 nitrogen and oxygen atoms in total. The van der Waals surface area contributed by atoms with Crippen molar-refractivity contribution >= 4 is 23.3 Å². The number of methoxy groups -OCH3 is 1. The van der Waals surface area contributed by atoms with E-state index >= 15 is 0 Å². The highest BCUT2D eigenvalue weighted by atomic mass is 19.2. The Kier molecular flexibility index (Phi) is 11.2. The lowest BCUT2D eigenvalue weighted by Gasteiger charge is -2.17. The van der Waals surface area contributed by atoms with Crippen LogP contribution in [0, 0.1) is 17.6 Å². The number of anilines is 2. The van der Waals surface area contributed by atoms with Crippen molar-refractivity contribution in [2.24, 2.45) is 5.92 Å². The number of hydrogen-bond acceptors (Lipinski definition) is 6. The van der Waals surface area contributed by atoms with Gasteiger partial charge in [-0.3, -0.25) is 14.5 Å². The van der Waals surface area contributed by atoms with Crippen LogP contribution < -0.4 is 20.3 Å².